The van der Waals surface area contributed by atoms with Crippen LogP contribution >= 0.6 is 0 Å². The molecule has 8 nitrogen and oxygen atoms in total. The lowest BCUT2D eigenvalue weighted by Gasteiger charge is -2.19. The van der Waals surface area contributed by atoms with Crippen molar-refractivity contribution in [3.05, 3.63) is 12.2 Å². The summed E-state index contributed by atoms with van der Waals surface area (Å²) in [6, 6.07) is 0. The molecular weight excluding hydrogens is 246 g/mol. The Morgan fingerprint density at radius 3 is 1.83 bits per heavy atom. The maximum absolute atomic E-state index is 10.5. The van der Waals surface area contributed by atoms with Crippen LogP contribution in [0.15, 0.2) is 12.2 Å². The third kappa shape index (κ3) is 7.87. The molecule has 0 aromatic heterocycles. The second kappa shape index (κ2) is 9.68. The third-order valence-electron chi connectivity index (χ3n) is 1.81. The minimum atomic E-state index is -1.86. The Morgan fingerprint density at radius 2 is 1.61 bits per heavy atom. The van der Waals surface area contributed by atoms with Gasteiger partial charge >= 0.3 is 0 Å². The number of primary amides is 1. The van der Waals surface area contributed by atoms with Crippen LogP contribution in [0.25, 0.3) is 0 Å². The van der Waals surface area contributed by atoms with Gasteiger partial charge < -0.3 is 31.3 Å². The summed E-state index contributed by atoms with van der Waals surface area (Å²) in [5.41, 5.74) is 5.09. The molecule has 0 bridgehead atoms. The Kier molecular flexibility index (Phi) is 10.2. The van der Waals surface area contributed by atoms with Crippen LogP contribution in [0.4, 0.5) is 0 Å². The molecule has 0 unspecified atom stereocenters. The van der Waals surface area contributed by atoms with Gasteiger partial charge in [0.1, 0.15) is 24.9 Å². The van der Waals surface area contributed by atoms with E-state index in [0.29, 0.717) is 5.57 Å². The first-order valence-corrected chi connectivity index (χ1v) is 4.92. The summed E-state index contributed by atoms with van der Waals surface area (Å²) in [6.45, 7) is 3.16. The normalized spacial score (nSPS) is 14.8. The number of hydrogen-bond donors (Lipinski definition) is 6. The van der Waals surface area contributed by atoms with Crippen molar-refractivity contribution in [3.63, 3.8) is 0 Å². The number of carbonyl (C=O) groups excluding carboxylic acids is 2. The van der Waals surface area contributed by atoms with Gasteiger partial charge in [0.25, 0.3) is 0 Å². The molecule has 7 N–H and O–H groups in total. The zero-order valence-corrected chi connectivity index (χ0v) is 9.98. The average molecular weight is 265 g/mol. The van der Waals surface area contributed by atoms with E-state index >= 15 is 0 Å². The predicted octanol–water partition coefficient (Wildman–Crippen LogP) is -3.33. The van der Waals surface area contributed by atoms with Crippen LogP contribution in [0.3, 0.4) is 0 Å². The van der Waals surface area contributed by atoms with Crippen molar-refractivity contribution >= 4 is 11.7 Å². The maximum Gasteiger partial charge on any atom is 0.243 e. The van der Waals surface area contributed by atoms with Crippen molar-refractivity contribution in [2.75, 3.05) is 13.2 Å². The molecule has 0 spiro atoms. The van der Waals surface area contributed by atoms with Gasteiger partial charge in [-0.3, -0.25) is 9.59 Å². The van der Waals surface area contributed by atoms with Gasteiger partial charge in [-0.1, -0.05) is 6.58 Å². The number of ketones is 1. The smallest absolute Gasteiger partial charge is 0.243 e. The van der Waals surface area contributed by atoms with Crippen LogP contribution < -0.4 is 5.73 Å². The van der Waals surface area contributed by atoms with Gasteiger partial charge in [-0.15, -0.1) is 0 Å². The number of aliphatic hydroxyl groups excluding tert-OH is 5. The zero-order valence-electron chi connectivity index (χ0n) is 9.98. The van der Waals surface area contributed by atoms with E-state index < -0.39 is 43.2 Å². The molecule has 0 aliphatic rings. The highest BCUT2D eigenvalue weighted by Crippen LogP contribution is 2.00. The van der Waals surface area contributed by atoms with E-state index in [9.17, 15) is 9.59 Å². The lowest BCUT2D eigenvalue weighted by molar-refractivity contribution is -0.142. The molecule has 0 heterocycles. The first-order valence-electron chi connectivity index (χ1n) is 4.92. The summed E-state index contributed by atoms with van der Waals surface area (Å²) in [5.74, 6) is -1.44. The van der Waals surface area contributed by atoms with Gasteiger partial charge in [-0.2, -0.15) is 0 Å². The molecular formula is C10H19NO7. The number of aliphatic hydroxyl groups is 5. The maximum atomic E-state index is 10.5. The van der Waals surface area contributed by atoms with Crippen molar-refractivity contribution in [2.45, 2.75) is 25.2 Å². The Balaban J connectivity index is 0. The minimum absolute atomic E-state index is 0.398. The average Bonchev–Trinajstić information content (AvgIpc) is 2.35. The van der Waals surface area contributed by atoms with Crippen LogP contribution in [0.1, 0.15) is 6.92 Å². The van der Waals surface area contributed by atoms with Crippen LogP contribution in [0.2, 0.25) is 0 Å². The van der Waals surface area contributed by atoms with E-state index in [-0.39, 0.29) is 0 Å². The van der Waals surface area contributed by atoms with E-state index in [0.717, 1.165) is 0 Å². The lowest BCUT2D eigenvalue weighted by atomic mass is 10.1. The molecule has 1 amide bonds. The molecule has 0 fully saturated rings. The van der Waals surface area contributed by atoms with Crippen molar-refractivity contribution in [2.24, 2.45) is 5.73 Å². The highest BCUT2D eigenvalue weighted by molar-refractivity contribution is 5.90. The van der Waals surface area contributed by atoms with Gasteiger partial charge in [-0.25, -0.2) is 0 Å². The molecule has 0 rings (SSSR count). The number of Topliss-reactive ketones (excluding diaryl/α,β-unsaturated/α-hetero) is 1. The number of amides is 1. The first-order chi connectivity index (χ1) is 8.18. The number of rotatable bonds is 6. The van der Waals surface area contributed by atoms with E-state index in [1.54, 1.807) is 6.92 Å². The molecule has 106 valence electrons. The van der Waals surface area contributed by atoms with E-state index in [1.165, 1.54) is 0 Å². The molecule has 0 radical (unpaired) electrons. The number of hydrogen-bond acceptors (Lipinski definition) is 7. The fourth-order valence-electron chi connectivity index (χ4n) is 0.602. The predicted molar refractivity (Wildman–Crippen MR) is 61.2 cm³/mol. The van der Waals surface area contributed by atoms with E-state index in [2.05, 4.69) is 6.58 Å². The number of nitrogens with two attached hydrogens (primary N) is 1. The van der Waals surface area contributed by atoms with Crippen LogP contribution in [0, 0.1) is 0 Å². The minimum Gasteiger partial charge on any atom is -0.394 e. The molecule has 0 aliphatic carbocycles. The second-order valence-electron chi connectivity index (χ2n) is 3.45. The van der Waals surface area contributed by atoms with Crippen molar-refractivity contribution in [3.8, 4) is 0 Å². The molecule has 0 aromatic rings. The Morgan fingerprint density at radius 1 is 1.22 bits per heavy atom. The van der Waals surface area contributed by atoms with Gasteiger partial charge in [-0.05, 0) is 6.92 Å². The zero-order chi connectivity index (χ0) is 14.9. The van der Waals surface area contributed by atoms with Gasteiger partial charge in [0, 0.05) is 5.57 Å². The van der Waals surface area contributed by atoms with E-state index in [4.69, 9.17) is 31.3 Å². The monoisotopic (exact) mass is 265 g/mol. The molecule has 0 saturated heterocycles. The topological polar surface area (TPSA) is 161 Å². The van der Waals surface area contributed by atoms with Gasteiger partial charge in [0.05, 0.1) is 6.61 Å². The highest BCUT2D eigenvalue weighted by atomic mass is 16.4. The van der Waals surface area contributed by atoms with Crippen LogP contribution in [0.5, 0.6) is 0 Å². The highest BCUT2D eigenvalue weighted by Gasteiger charge is 2.28. The van der Waals surface area contributed by atoms with Crippen LogP contribution in [-0.4, -0.2) is 68.7 Å². The first kappa shape index (κ1) is 19.0. The van der Waals surface area contributed by atoms with Gasteiger partial charge in [0.15, 0.2) is 5.78 Å². The molecule has 0 aliphatic heterocycles. The largest absolute Gasteiger partial charge is 0.394 e. The lowest BCUT2D eigenvalue weighted by Crippen LogP contribution is -2.44. The molecule has 0 saturated carbocycles. The Labute approximate surface area is 104 Å². The van der Waals surface area contributed by atoms with Gasteiger partial charge in [0.2, 0.25) is 5.91 Å². The van der Waals surface area contributed by atoms with Crippen LogP contribution in [-0.2, 0) is 9.59 Å². The SMILES string of the molecule is C=C(C)C(N)=O.O=C(CO)[C@@H](O)[C@@H](O)[C@H](O)CO. The van der Waals surface area contributed by atoms with Crippen molar-refractivity contribution < 1.29 is 35.1 Å². The fourth-order valence-corrected chi connectivity index (χ4v) is 0.602. The van der Waals surface area contributed by atoms with Crippen molar-refractivity contribution in [1.82, 2.24) is 0 Å². The molecule has 3 atom stereocenters. The fraction of sp³-hybridized carbons (Fsp3) is 0.600. The third-order valence-corrected chi connectivity index (χ3v) is 1.81. The summed E-state index contributed by atoms with van der Waals surface area (Å²) >= 11 is 0. The van der Waals surface area contributed by atoms with E-state index in [1.807, 2.05) is 0 Å². The standard InChI is InChI=1S/C6H12O6.C4H7NO/c7-1-3(9)5(11)6(12)4(10)2-8;1-3(2)4(5)6/h3,5-9,11-12H,1-2H2;1H2,2H3,(H2,5,6)/t3-,5+,6-;/m1./s1. The van der Waals surface area contributed by atoms with Crippen molar-refractivity contribution in [1.29, 1.82) is 0 Å². The molecule has 18 heavy (non-hydrogen) atoms. The summed E-state index contributed by atoms with van der Waals surface area (Å²) in [7, 11) is 0. The Hall–Kier alpha value is -1.32. The summed E-state index contributed by atoms with van der Waals surface area (Å²) < 4.78 is 0. The quantitative estimate of drug-likeness (QED) is 0.274. The molecule has 8 heteroatoms. The summed E-state index contributed by atoms with van der Waals surface area (Å²) in [6.07, 6.45) is -5.22. The summed E-state index contributed by atoms with van der Waals surface area (Å²) in [4.78, 5) is 20.3. The Bertz CT molecular complexity index is 280. The summed E-state index contributed by atoms with van der Waals surface area (Å²) in [5, 5.41) is 43.1. The second-order valence-corrected chi connectivity index (χ2v) is 3.45. The number of carbonyl (C=O) groups is 2. The molecule has 0 aromatic carbocycles.